The molecular weight excluding hydrogens is 168 g/mol. The molecule has 1 amide bonds. The molecule has 13 heavy (non-hydrogen) atoms. The van der Waals surface area contributed by atoms with Crippen LogP contribution in [0.5, 0.6) is 0 Å². The number of nitrogens with zero attached hydrogens (tertiary/aromatic N) is 1. The fourth-order valence-electron chi connectivity index (χ4n) is 0.735. The van der Waals surface area contributed by atoms with Gasteiger partial charge in [-0.1, -0.05) is 0 Å². The average molecular weight is 180 g/mol. The molecule has 0 aliphatic carbocycles. The maximum Gasteiger partial charge on any atom is 0.241 e. The molecule has 0 aliphatic rings. The summed E-state index contributed by atoms with van der Waals surface area (Å²) in [5, 5.41) is 2.59. The SMILES string of the molecule is CC(N)C(=O)Nc1ccc(N)nc1. The molecule has 0 saturated carbocycles. The van der Waals surface area contributed by atoms with Gasteiger partial charge in [0.05, 0.1) is 17.9 Å². The monoisotopic (exact) mass is 180 g/mol. The largest absolute Gasteiger partial charge is 0.384 e. The Kier molecular flexibility index (Phi) is 2.81. The van der Waals surface area contributed by atoms with Gasteiger partial charge in [0.2, 0.25) is 5.91 Å². The number of carbonyl (C=O) groups excluding carboxylic acids is 1. The van der Waals surface area contributed by atoms with Gasteiger partial charge in [0.1, 0.15) is 5.82 Å². The normalized spacial score (nSPS) is 12.2. The summed E-state index contributed by atoms with van der Waals surface area (Å²) in [6.07, 6.45) is 1.48. The van der Waals surface area contributed by atoms with Gasteiger partial charge in [-0.05, 0) is 19.1 Å². The van der Waals surface area contributed by atoms with E-state index in [9.17, 15) is 4.79 Å². The molecule has 0 saturated heterocycles. The van der Waals surface area contributed by atoms with Gasteiger partial charge in [-0.2, -0.15) is 0 Å². The number of nitrogens with two attached hydrogens (primary N) is 2. The topological polar surface area (TPSA) is 94.0 Å². The number of nitrogen functional groups attached to an aromatic ring is 1. The van der Waals surface area contributed by atoms with Crippen molar-refractivity contribution in [3.63, 3.8) is 0 Å². The first-order valence-corrected chi connectivity index (χ1v) is 3.87. The number of carbonyl (C=O) groups is 1. The second-order valence-corrected chi connectivity index (χ2v) is 2.75. The fraction of sp³-hybridized carbons (Fsp3) is 0.250. The van der Waals surface area contributed by atoms with Crippen LogP contribution < -0.4 is 16.8 Å². The molecule has 5 heteroatoms. The van der Waals surface area contributed by atoms with Gasteiger partial charge in [0.15, 0.2) is 0 Å². The third kappa shape index (κ3) is 2.72. The maximum atomic E-state index is 11.1. The summed E-state index contributed by atoms with van der Waals surface area (Å²) in [6, 6.07) is 2.75. The number of aromatic nitrogens is 1. The summed E-state index contributed by atoms with van der Waals surface area (Å²) < 4.78 is 0. The predicted molar refractivity (Wildman–Crippen MR) is 50.9 cm³/mol. The van der Waals surface area contributed by atoms with Crippen LogP contribution in [-0.4, -0.2) is 16.9 Å². The van der Waals surface area contributed by atoms with Gasteiger partial charge in [-0.15, -0.1) is 0 Å². The van der Waals surface area contributed by atoms with E-state index in [1.54, 1.807) is 19.1 Å². The molecule has 1 aromatic rings. The third-order valence-electron chi connectivity index (χ3n) is 1.47. The second kappa shape index (κ2) is 3.86. The van der Waals surface area contributed by atoms with Crippen LogP contribution in [0.25, 0.3) is 0 Å². The van der Waals surface area contributed by atoms with Gasteiger partial charge in [-0.3, -0.25) is 4.79 Å². The Labute approximate surface area is 76.1 Å². The molecule has 1 heterocycles. The molecule has 0 fully saturated rings. The van der Waals surface area contributed by atoms with E-state index in [2.05, 4.69) is 10.3 Å². The Balaban J connectivity index is 2.65. The van der Waals surface area contributed by atoms with E-state index in [0.29, 0.717) is 11.5 Å². The summed E-state index contributed by atoms with van der Waals surface area (Å²) >= 11 is 0. The molecule has 0 radical (unpaired) electrons. The van der Waals surface area contributed by atoms with Crippen molar-refractivity contribution >= 4 is 17.4 Å². The van der Waals surface area contributed by atoms with E-state index in [4.69, 9.17) is 11.5 Å². The minimum atomic E-state index is -0.530. The number of anilines is 2. The van der Waals surface area contributed by atoms with Crippen molar-refractivity contribution in [3.8, 4) is 0 Å². The van der Waals surface area contributed by atoms with E-state index in [-0.39, 0.29) is 5.91 Å². The molecule has 1 atom stereocenters. The van der Waals surface area contributed by atoms with Crippen LogP contribution >= 0.6 is 0 Å². The van der Waals surface area contributed by atoms with Crippen LogP contribution in [0, 0.1) is 0 Å². The Morgan fingerprint density at radius 2 is 2.31 bits per heavy atom. The zero-order valence-corrected chi connectivity index (χ0v) is 7.32. The lowest BCUT2D eigenvalue weighted by Gasteiger charge is -2.06. The van der Waals surface area contributed by atoms with Gasteiger partial charge in [0.25, 0.3) is 0 Å². The van der Waals surface area contributed by atoms with Crippen LogP contribution in [0.4, 0.5) is 11.5 Å². The van der Waals surface area contributed by atoms with Crippen molar-refractivity contribution in [1.29, 1.82) is 0 Å². The average Bonchev–Trinajstić information content (AvgIpc) is 2.08. The van der Waals surface area contributed by atoms with E-state index >= 15 is 0 Å². The van der Waals surface area contributed by atoms with Crippen LogP contribution in [0.2, 0.25) is 0 Å². The summed E-state index contributed by atoms with van der Waals surface area (Å²) in [5.41, 5.74) is 11.3. The molecule has 0 aliphatic heterocycles. The van der Waals surface area contributed by atoms with Crippen molar-refractivity contribution in [2.24, 2.45) is 5.73 Å². The van der Waals surface area contributed by atoms with Crippen molar-refractivity contribution in [1.82, 2.24) is 4.98 Å². The van der Waals surface area contributed by atoms with E-state index in [1.807, 2.05) is 0 Å². The molecule has 0 spiro atoms. The highest BCUT2D eigenvalue weighted by Crippen LogP contribution is 2.06. The van der Waals surface area contributed by atoms with Crippen LogP contribution in [0.15, 0.2) is 18.3 Å². The molecule has 5 nitrogen and oxygen atoms in total. The smallest absolute Gasteiger partial charge is 0.241 e. The number of hydrogen-bond donors (Lipinski definition) is 3. The van der Waals surface area contributed by atoms with Crippen LogP contribution in [0.3, 0.4) is 0 Å². The summed E-state index contributed by atoms with van der Waals surface area (Å²) in [5.74, 6) is 0.172. The summed E-state index contributed by atoms with van der Waals surface area (Å²) in [6.45, 7) is 1.61. The first kappa shape index (κ1) is 9.47. The number of hydrogen-bond acceptors (Lipinski definition) is 4. The van der Waals surface area contributed by atoms with Crippen LogP contribution in [0.1, 0.15) is 6.92 Å². The molecule has 0 aromatic carbocycles. The lowest BCUT2D eigenvalue weighted by atomic mass is 10.3. The fourth-order valence-corrected chi connectivity index (χ4v) is 0.735. The first-order valence-electron chi connectivity index (χ1n) is 3.87. The Morgan fingerprint density at radius 3 is 2.77 bits per heavy atom. The van der Waals surface area contributed by atoms with Crippen molar-refractivity contribution in [2.75, 3.05) is 11.1 Å². The van der Waals surface area contributed by atoms with E-state index in [0.717, 1.165) is 0 Å². The van der Waals surface area contributed by atoms with Gasteiger partial charge in [0, 0.05) is 0 Å². The highest BCUT2D eigenvalue weighted by atomic mass is 16.2. The Hall–Kier alpha value is -1.62. The predicted octanol–water partition coefficient (Wildman–Crippen LogP) is -0.0505. The molecule has 0 bridgehead atoms. The molecule has 1 unspecified atom stereocenters. The standard InChI is InChI=1S/C8H12N4O/c1-5(9)8(13)12-6-2-3-7(10)11-4-6/h2-5H,9H2,1H3,(H2,10,11)(H,12,13). The highest BCUT2D eigenvalue weighted by Gasteiger charge is 2.06. The van der Waals surface area contributed by atoms with Gasteiger partial charge in [-0.25, -0.2) is 4.98 Å². The number of nitrogens with one attached hydrogen (secondary N) is 1. The van der Waals surface area contributed by atoms with Gasteiger partial charge >= 0.3 is 0 Å². The number of pyridine rings is 1. The lowest BCUT2D eigenvalue weighted by molar-refractivity contribution is -0.117. The second-order valence-electron chi connectivity index (χ2n) is 2.75. The lowest BCUT2D eigenvalue weighted by Crippen LogP contribution is -2.32. The molecule has 1 aromatic heterocycles. The number of amides is 1. The molecule has 1 rings (SSSR count). The Morgan fingerprint density at radius 1 is 1.62 bits per heavy atom. The number of rotatable bonds is 2. The third-order valence-corrected chi connectivity index (χ3v) is 1.47. The van der Waals surface area contributed by atoms with Gasteiger partial charge < -0.3 is 16.8 Å². The molecule has 5 N–H and O–H groups in total. The van der Waals surface area contributed by atoms with Crippen molar-refractivity contribution < 1.29 is 4.79 Å². The van der Waals surface area contributed by atoms with Crippen molar-refractivity contribution in [2.45, 2.75) is 13.0 Å². The zero-order valence-electron chi connectivity index (χ0n) is 7.32. The van der Waals surface area contributed by atoms with E-state index < -0.39 is 6.04 Å². The maximum absolute atomic E-state index is 11.1. The summed E-state index contributed by atoms with van der Waals surface area (Å²) in [7, 11) is 0. The minimum Gasteiger partial charge on any atom is -0.384 e. The quantitative estimate of drug-likeness (QED) is 0.594. The zero-order chi connectivity index (χ0) is 9.84. The highest BCUT2D eigenvalue weighted by molar-refractivity contribution is 5.94. The summed E-state index contributed by atoms with van der Waals surface area (Å²) in [4.78, 5) is 14.9. The molecule has 70 valence electrons. The van der Waals surface area contributed by atoms with Crippen molar-refractivity contribution in [3.05, 3.63) is 18.3 Å². The minimum absolute atomic E-state index is 0.244. The molecular formula is C8H12N4O. The first-order chi connectivity index (χ1) is 6.09. The Bertz CT molecular complexity index is 294. The van der Waals surface area contributed by atoms with E-state index in [1.165, 1.54) is 6.20 Å². The van der Waals surface area contributed by atoms with Crippen LogP contribution in [-0.2, 0) is 4.79 Å².